The third-order valence-corrected chi connectivity index (χ3v) is 4.63. The molecule has 1 N–H and O–H groups in total. The van der Waals surface area contributed by atoms with Gasteiger partial charge in [0.2, 0.25) is 0 Å². The van der Waals surface area contributed by atoms with Gasteiger partial charge in [-0.15, -0.1) is 0 Å². The summed E-state index contributed by atoms with van der Waals surface area (Å²) in [5.41, 5.74) is 0.375. The van der Waals surface area contributed by atoms with Crippen LogP contribution in [0, 0.1) is 0 Å². The highest BCUT2D eigenvalue weighted by Gasteiger charge is 2.19. The van der Waals surface area contributed by atoms with E-state index in [1.165, 1.54) is 19.4 Å². The SMILES string of the molecule is COc1cccc(NS(=O)(=O)c2cc(Br)cnc2Cl)c1. The van der Waals surface area contributed by atoms with Gasteiger partial charge >= 0.3 is 0 Å². The smallest absolute Gasteiger partial charge is 0.265 e. The van der Waals surface area contributed by atoms with E-state index in [9.17, 15) is 8.42 Å². The zero-order valence-electron chi connectivity index (χ0n) is 10.3. The second-order valence-corrected chi connectivity index (χ2v) is 6.70. The van der Waals surface area contributed by atoms with Crippen molar-refractivity contribution < 1.29 is 13.2 Å². The molecular formula is C12H10BrClN2O3S. The number of rotatable bonds is 4. The normalized spacial score (nSPS) is 11.2. The van der Waals surface area contributed by atoms with Gasteiger partial charge < -0.3 is 4.74 Å². The van der Waals surface area contributed by atoms with Crippen molar-refractivity contribution in [2.75, 3.05) is 11.8 Å². The van der Waals surface area contributed by atoms with E-state index in [2.05, 4.69) is 25.6 Å². The van der Waals surface area contributed by atoms with Gasteiger partial charge in [-0.2, -0.15) is 0 Å². The summed E-state index contributed by atoms with van der Waals surface area (Å²) in [5, 5.41) is -0.0939. The lowest BCUT2D eigenvalue weighted by Crippen LogP contribution is -2.14. The predicted molar refractivity (Wildman–Crippen MR) is 80.7 cm³/mol. The van der Waals surface area contributed by atoms with Crippen molar-refractivity contribution in [2.45, 2.75) is 4.90 Å². The molecule has 0 unspecified atom stereocenters. The van der Waals surface area contributed by atoms with Crippen LogP contribution in [0.5, 0.6) is 5.75 Å². The number of hydrogen-bond acceptors (Lipinski definition) is 4. The van der Waals surface area contributed by atoms with E-state index in [1.54, 1.807) is 24.3 Å². The number of aromatic nitrogens is 1. The molecule has 0 fully saturated rings. The molecule has 0 amide bonds. The van der Waals surface area contributed by atoms with E-state index in [0.717, 1.165) is 0 Å². The number of benzene rings is 1. The van der Waals surface area contributed by atoms with Crippen LogP contribution in [-0.4, -0.2) is 20.5 Å². The second kappa shape index (κ2) is 5.99. The first-order valence-corrected chi connectivity index (χ1v) is 8.06. The molecule has 8 heteroatoms. The van der Waals surface area contributed by atoms with E-state index in [4.69, 9.17) is 16.3 Å². The molecule has 0 saturated heterocycles. The number of sulfonamides is 1. The van der Waals surface area contributed by atoms with E-state index >= 15 is 0 Å². The molecule has 0 atom stereocenters. The summed E-state index contributed by atoms with van der Waals surface area (Å²) in [6, 6.07) is 7.96. The maximum atomic E-state index is 12.3. The Morgan fingerprint density at radius 2 is 2.10 bits per heavy atom. The van der Waals surface area contributed by atoms with E-state index in [-0.39, 0.29) is 10.0 Å². The summed E-state index contributed by atoms with van der Waals surface area (Å²) in [6.07, 6.45) is 1.42. The number of anilines is 1. The van der Waals surface area contributed by atoms with Crippen LogP contribution in [0.2, 0.25) is 5.15 Å². The molecular weight excluding hydrogens is 368 g/mol. The third kappa shape index (κ3) is 3.41. The molecule has 0 spiro atoms. The molecule has 0 aliphatic rings. The average molecular weight is 378 g/mol. The summed E-state index contributed by atoms with van der Waals surface area (Å²) in [4.78, 5) is 3.69. The lowest BCUT2D eigenvalue weighted by Gasteiger charge is -2.10. The first-order valence-electron chi connectivity index (χ1n) is 5.40. The highest BCUT2D eigenvalue weighted by atomic mass is 79.9. The van der Waals surface area contributed by atoms with Gasteiger partial charge in [0.1, 0.15) is 15.8 Å². The van der Waals surface area contributed by atoms with Gasteiger partial charge in [-0.05, 0) is 34.1 Å². The largest absolute Gasteiger partial charge is 0.497 e. The van der Waals surface area contributed by atoms with Crippen molar-refractivity contribution in [3.8, 4) is 5.75 Å². The highest BCUT2D eigenvalue weighted by Crippen LogP contribution is 2.26. The number of hydrogen-bond donors (Lipinski definition) is 1. The van der Waals surface area contributed by atoms with Gasteiger partial charge in [0, 0.05) is 16.7 Å². The van der Waals surface area contributed by atoms with Crippen molar-refractivity contribution in [3.63, 3.8) is 0 Å². The lowest BCUT2D eigenvalue weighted by molar-refractivity contribution is 0.415. The Kier molecular flexibility index (Phi) is 4.52. The van der Waals surface area contributed by atoms with Crippen molar-refractivity contribution >= 4 is 43.2 Å². The molecule has 5 nitrogen and oxygen atoms in total. The zero-order chi connectivity index (χ0) is 14.8. The maximum Gasteiger partial charge on any atom is 0.265 e. The number of ether oxygens (including phenoxy) is 1. The molecule has 0 aliphatic carbocycles. The second-order valence-electron chi connectivity index (χ2n) is 3.78. The van der Waals surface area contributed by atoms with E-state index in [0.29, 0.717) is 15.9 Å². The fourth-order valence-electron chi connectivity index (χ4n) is 1.49. The molecule has 2 aromatic rings. The molecule has 0 bridgehead atoms. The summed E-state index contributed by atoms with van der Waals surface area (Å²) in [6.45, 7) is 0. The van der Waals surface area contributed by atoms with Crippen LogP contribution in [0.4, 0.5) is 5.69 Å². The fraction of sp³-hybridized carbons (Fsp3) is 0.0833. The first kappa shape index (κ1) is 15.1. The van der Waals surface area contributed by atoms with Crippen LogP contribution in [0.3, 0.4) is 0 Å². The van der Waals surface area contributed by atoms with Gasteiger partial charge in [-0.1, -0.05) is 17.7 Å². The minimum atomic E-state index is -3.82. The molecule has 1 aromatic heterocycles. The van der Waals surface area contributed by atoms with Crippen LogP contribution in [0.15, 0.2) is 45.9 Å². The Morgan fingerprint density at radius 3 is 2.80 bits per heavy atom. The van der Waals surface area contributed by atoms with Crippen LogP contribution in [0.1, 0.15) is 0 Å². The molecule has 1 aromatic carbocycles. The Hall–Kier alpha value is -1.31. The Balaban J connectivity index is 2.38. The highest BCUT2D eigenvalue weighted by molar-refractivity contribution is 9.10. The third-order valence-electron chi connectivity index (χ3n) is 2.38. The number of pyridine rings is 1. The van der Waals surface area contributed by atoms with Crippen LogP contribution in [0.25, 0.3) is 0 Å². The first-order chi connectivity index (χ1) is 9.42. The average Bonchev–Trinajstić information content (AvgIpc) is 2.41. The quantitative estimate of drug-likeness (QED) is 0.830. The summed E-state index contributed by atoms with van der Waals surface area (Å²) in [7, 11) is -2.32. The van der Waals surface area contributed by atoms with Crippen molar-refractivity contribution in [1.82, 2.24) is 4.98 Å². The Morgan fingerprint density at radius 1 is 1.35 bits per heavy atom. The van der Waals surface area contributed by atoms with Gasteiger partial charge in [-0.25, -0.2) is 13.4 Å². The molecule has 0 radical (unpaired) electrons. The summed E-state index contributed by atoms with van der Waals surface area (Å²) >= 11 is 8.99. The van der Waals surface area contributed by atoms with Gasteiger partial charge in [0.25, 0.3) is 10.0 Å². The van der Waals surface area contributed by atoms with Crippen molar-refractivity contribution in [2.24, 2.45) is 0 Å². The van der Waals surface area contributed by atoms with Crippen molar-refractivity contribution in [3.05, 3.63) is 46.2 Å². The zero-order valence-corrected chi connectivity index (χ0v) is 13.5. The number of nitrogens with zero attached hydrogens (tertiary/aromatic N) is 1. The number of nitrogens with one attached hydrogen (secondary N) is 1. The molecule has 20 heavy (non-hydrogen) atoms. The minimum Gasteiger partial charge on any atom is -0.497 e. The van der Waals surface area contributed by atoms with Gasteiger partial charge in [0.15, 0.2) is 0 Å². The van der Waals surface area contributed by atoms with E-state index in [1.807, 2.05) is 0 Å². The standard InChI is InChI=1S/C12H10BrClN2O3S/c1-19-10-4-2-3-9(6-10)16-20(17,18)11-5-8(13)7-15-12(11)14/h2-7,16H,1H3. The molecule has 1 heterocycles. The molecule has 106 valence electrons. The van der Waals surface area contributed by atoms with Crippen LogP contribution >= 0.6 is 27.5 Å². The molecule has 2 rings (SSSR count). The predicted octanol–water partition coefficient (Wildman–Crippen LogP) is 3.31. The van der Waals surface area contributed by atoms with Gasteiger partial charge in [-0.3, -0.25) is 4.72 Å². The number of methoxy groups -OCH3 is 1. The summed E-state index contributed by atoms with van der Waals surface area (Å²) < 4.78 is 32.5. The molecule has 0 aliphatic heterocycles. The fourth-order valence-corrected chi connectivity index (χ4v) is 3.48. The minimum absolute atomic E-state index is 0.0939. The van der Waals surface area contributed by atoms with Gasteiger partial charge in [0.05, 0.1) is 12.8 Å². The topological polar surface area (TPSA) is 68.3 Å². The van der Waals surface area contributed by atoms with E-state index < -0.39 is 10.0 Å². The Bertz CT molecular complexity index is 737. The van der Waals surface area contributed by atoms with Crippen LogP contribution in [-0.2, 0) is 10.0 Å². The van der Waals surface area contributed by atoms with Crippen molar-refractivity contribution in [1.29, 1.82) is 0 Å². The lowest BCUT2D eigenvalue weighted by atomic mass is 10.3. The van der Waals surface area contributed by atoms with Crippen LogP contribution < -0.4 is 9.46 Å². The molecule has 0 saturated carbocycles. The Labute approximate surface area is 130 Å². The monoisotopic (exact) mass is 376 g/mol. The summed E-state index contributed by atoms with van der Waals surface area (Å²) in [5.74, 6) is 0.545. The maximum absolute atomic E-state index is 12.3. The number of halogens is 2.